The van der Waals surface area contributed by atoms with Gasteiger partial charge in [-0.1, -0.05) is 18.2 Å². The van der Waals surface area contributed by atoms with Crippen LogP contribution in [0.2, 0.25) is 0 Å². The molecule has 0 radical (unpaired) electrons. The number of halogens is 1. The molecule has 0 saturated carbocycles. The van der Waals surface area contributed by atoms with Crippen LogP contribution in [0.15, 0.2) is 47.1 Å². The van der Waals surface area contributed by atoms with Crippen LogP contribution in [-0.4, -0.2) is 35.3 Å². The molecule has 3 N–H and O–H groups in total. The van der Waals surface area contributed by atoms with Crippen LogP contribution in [0, 0.1) is 0 Å². The second-order valence-electron chi connectivity index (χ2n) is 7.11. The molecule has 3 aromatic rings. The van der Waals surface area contributed by atoms with Gasteiger partial charge in [-0.3, -0.25) is 4.79 Å². The number of carboxylic acids is 1. The van der Waals surface area contributed by atoms with Crippen molar-refractivity contribution < 1.29 is 19.4 Å². The van der Waals surface area contributed by atoms with E-state index in [0.29, 0.717) is 24.5 Å². The molecular weight excluding hydrogens is 436 g/mol. The second kappa shape index (κ2) is 9.33. The van der Waals surface area contributed by atoms with Crippen molar-refractivity contribution in [2.45, 2.75) is 39.0 Å². The number of methoxy groups -OCH3 is 1. The van der Waals surface area contributed by atoms with E-state index in [-0.39, 0.29) is 6.10 Å². The molecule has 7 heteroatoms. The van der Waals surface area contributed by atoms with Crippen LogP contribution in [0.4, 0.5) is 0 Å². The summed E-state index contributed by atoms with van der Waals surface area (Å²) in [5.74, 6) is 0.356. The SMILES string of the molecule is COc1cc(CN[C@@H](Cc2c[nH]c3ccccc23)C(=O)O)cc(Br)c1OC(C)C. The summed E-state index contributed by atoms with van der Waals surface area (Å²) in [5.41, 5.74) is 2.87. The number of hydrogen-bond donors (Lipinski definition) is 3. The highest BCUT2D eigenvalue weighted by Crippen LogP contribution is 2.37. The van der Waals surface area contributed by atoms with Gasteiger partial charge in [-0.15, -0.1) is 0 Å². The Morgan fingerprint density at radius 3 is 2.72 bits per heavy atom. The number of nitrogens with one attached hydrogen (secondary N) is 2. The predicted octanol–water partition coefficient (Wildman–Crippen LogP) is 4.51. The third kappa shape index (κ3) is 5.10. The van der Waals surface area contributed by atoms with Gasteiger partial charge in [-0.05, 0) is 59.1 Å². The van der Waals surface area contributed by atoms with E-state index in [1.54, 1.807) is 7.11 Å². The number of para-hydroxylation sites is 1. The zero-order valence-electron chi connectivity index (χ0n) is 16.7. The molecule has 154 valence electrons. The fourth-order valence-electron chi connectivity index (χ4n) is 3.23. The van der Waals surface area contributed by atoms with E-state index in [2.05, 4.69) is 26.2 Å². The third-order valence-electron chi connectivity index (χ3n) is 4.59. The highest BCUT2D eigenvalue weighted by molar-refractivity contribution is 9.10. The Morgan fingerprint density at radius 1 is 1.28 bits per heavy atom. The maximum atomic E-state index is 11.8. The Morgan fingerprint density at radius 2 is 2.03 bits per heavy atom. The largest absolute Gasteiger partial charge is 0.493 e. The first-order chi connectivity index (χ1) is 13.9. The van der Waals surface area contributed by atoms with E-state index in [9.17, 15) is 9.90 Å². The van der Waals surface area contributed by atoms with Gasteiger partial charge in [-0.25, -0.2) is 0 Å². The van der Waals surface area contributed by atoms with Gasteiger partial charge in [0.2, 0.25) is 0 Å². The number of aliphatic carboxylic acids is 1. The minimum atomic E-state index is -0.888. The Hall–Kier alpha value is -2.51. The van der Waals surface area contributed by atoms with Crippen molar-refractivity contribution in [3.63, 3.8) is 0 Å². The molecule has 0 saturated heterocycles. The number of hydrogen-bond acceptors (Lipinski definition) is 4. The number of carbonyl (C=O) groups is 1. The second-order valence-corrected chi connectivity index (χ2v) is 7.97. The summed E-state index contributed by atoms with van der Waals surface area (Å²) in [6.07, 6.45) is 2.27. The molecule has 3 rings (SSSR count). The minimum absolute atomic E-state index is 0.0109. The van der Waals surface area contributed by atoms with Crippen molar-refractivity contribution in [2.75, 3.05) is 7.11 Å². The molecule has 1 aromatic heterocycles. The van der Waals surface area contributed by atoms with E-state index in [1.807, 2.05) is 56.4 Å². The van der Waals surface area contributed by atoms with Gasteiger partial charge >= 0.3 is 5.97 Å². The summed E-state index contributed by atoms with van der Waals surface area (Å²) in [7, 11) is 1.59. The molecule has 0 fully saturated rings. The molecule has 0 spiro atoms. The predicted molar refractivity (Wildman–Crippen MR) is 117 cm³/mol. The Bertz CT molecular complexity index is 1000. The number of fused-ring (bicyclic) bond motifs is 1. The molecule has 29 heavy (non-hydrogen) atoms. The summed E-state index contributed by atoms with van der Waals surface area (Å²) in [6, 6.07) is 10.9. The van der Waals surface area contributed by atoms with Gasteiger partial charge in [0.25, 0.3) is 0 Å². The number of aromatic nitrogens is 1. The number of carboxylic acid groups (broad SMARTS) is 1. The molecule has 2 aromatic carbocycles. The summed E-state index contributed by atoms with van der Waals surface area (Å²) >= 11 is 3.53. The van der Waals surface area contributed by atoms with Crippen LogP contribution in [0.1, 0.15) is 25.0 Å². The molecule has 1 atom stereocenters. The molecule has 6 nitrogen and oxygen atoms in total. The summed E-state index contributed by atoms with van der Waals surface area (Å²) in [6.45, 7) is 4.28. The van der Waals surface area contributed by atoms with Crippen LogP contribution in [0.25, 0.3) is 10.9 Å². The molecule has 1 heterocycles. The van der Waals surface area contributed by atoms with E-state index in [1.165, 1.54) is 0 Å². The first-order valence-corrected chi connectivity index (χ1v) is 10.2. The average molecular weight is 461 g/mol. The van der Waals surface area contributed by atoms with Gasteiger partial charge in [0.1, 0.15) is 6.04 Å². The number of ether oxygens (including phenoxy) is 2. The van der Waals surface area contributed by atoms with Crippen LogP contribution in [0.5, 0.6) is 11.5 Å². The average Bonchev–Trinajstić information content (AvgIpc) is 3.09. The van der Waals surface area contributed by atoms with E-state index < -0.39 is 12.0 Å². The Labute approximate surface area is 178 Å². The molecule has 0 amide bonds. The molecule has 0 aliphatic rings. The lowest BCUT2D eigenvalue weighted by molar-refractivity contribution is -0.139. The fourth-order valence-corrected chi connectivity index (χ4v) is 3.82. The fraction of sp³-hybridized carbons (Fsp3) is 0.318. The lowest BCUT2D eigenvalue weighted by Crippen LogP contribution is -2.38. The van der Waals surface area contributed by atoms with Crippen LogP contribution < -0.4 is 14.8 Å². The van der Waals surface area contributed by atoms with Crippen molar-refractivity contribution in [3.05, 3.63) is 58.2 Å². The highest BCUT2D eigenvalue weighted by Gasteiger charge is 2.20. The summed E-state index contributed by atoms with van der Waals surface area (Å²) < 4.78 is 12.0. The monoisotopic (exact) mass is 460 g/mol. The topological polar surface area (TPSA) is 83.6 Å². The van der Waals surface area contributed by atoms with E-state index in [0.717, 1.165) is 26.5 Å². The third-order valence-corrected chi connectivity index (χ3v) is 5.18. The standard InChI is InChI=1S/C22H25BrN2O4/c1-13(2)29-21-17(23)8-14(9-20(21)28-3)11-24-19(22(26)27)10-15-12-25-18-7-5-4-6-16(15)18/h4-9,12-13,19,24-25H,10-11H2,1-3H3,(H,26,27)/t19-/m0/s1. The molecule has 0 unspecified atom stereocenters. The van der Waals surface area contributed by atoms with Crippen molar-refractivity contribution in [1.82, 2.24) is 10.3 Å². The Balaban J connectivity index is 1.75. The zero-order chi connectivity index (χ0) is 21.0. The van der Waals surface area contributed by atoms with E-state index in [4.69, 9.17) is 9.47 Å². The van der Waals surface area contributed by atoms with Gasteiger partial charge in [0, 0.05) is 30.1 Å². The van der Waals surface area contributed by atoms with Crippen LogP contribution >= 0.6 is 15.9 Å². The Kier molecular flexibility index (Phi) is 6.82. The highest BCUT2D eigenvalue weighted by atomic mass is 79.9. The lowest BCUT2D eigenvalue weighted by atomic mass is 10.0. The van der Waals surface area contributed by atoms with Crippen molar-refractivity contribution >= 4 is 32.8 Å². The first kappa shape index (κ1) is 21.2. The number of rotatable bonds is 9. The maximum absolute atomic E-state index is 11.8. The number of aromatic amines is 1. The molecule has 0 aliphatic heterocycles. The van der Waals surface area contributed by atoms with Gasteiger partial charge in [0.05, 0.1) is 17.7 Å². The minimum Gasteiger partial charge on any atom is -0.493 e. The van der Waals surface area contributed by atoms with Gasteiger partial charge in [0.15, 0.2) is 11.5 Å². The molecule has 0 bridgehead atoms. The molecular formula is C22H25BrN2O4. The first-order valence-electron chi connectivity index (χ1n) is 9.43. The van der Waals surface area contributed by atoms with Gasteiger partial charge < -0.3 is 24.9 Å². The summed E-state index contributed by atoms with van der Waals surface area (Å²) in [4.78, 5) is 15.0. The van der Waals surface area contributed by atoms with Crippen molar-refractivity contribution in [1.29, 1.82) is 0 Å². The van der Waals surface area contributed by atoms with Crippen molar-refractivity contribution in [2.24, 2.45) is 0 Å². The number of H-pyrrole nitrogens is 1. The zero-order valence-corrected chi connectivity index (χ0v) is 18.2. The van der Waals surface area contributed by atoms with Crippen molar-refractivity contribution in [3.8, 4) is 11.5 Å². The van der Waals surface area contributed by atoms with Gasteiger partial charge in [-0.2, -0.15) is 0 Å². The lowest BCUT2D eigenvalue weighted by Gasteiger charge is -2.18. The van der Waals surface area contributed by atoms with E-state index >= 15 is 0 Å². The maximum Gasteiger partial charge on any atom is 0.321 e. The summed E-state index contributed by atoms with van der Waals surface area (Å²) in [5, 5.41) is 13.9. The van der Waals surface area contributed by atoms with Crippen LogP contribution in [0.3, 0.4) is 0 Å². The van der Waals surface area contributed by atoms with Crippen LogP contribution in [-0.2, 0) is 17.8 Å². The smallest absolute Gasteiger partial charge is 0.321 e. The quantitative estimate of drug-likeness (QED) is 0.437. The molecule has 0 aliphatic carbocycles. The number of benzene rings is 2. The normalized spacial score (nSPS) is 12.3.